The summed E-state index contributed by atoms with van der Waals surface area (Å²) in [7, 11) is 0. The molecule has 0 bridgehead atoms. The Morgan fingerprint density at radius 2 is 2.00 bits per heavy atom. The van der Waals surface area contributed by atoms with Gasteiger partial charge in [0.1, 0.15) is 0 Å². The predicted molar refractivity (Wildman–Crippen MR) is 65.1 cm³/mol. The van der Waals surface area contributed by atoms with E-state index in [-0.39, 0.29) is 0 Å². The second-order valence-electron chi connectivity index (χ2n) is 3.03. The van der Waals surface area contributed by atoms with Crippen LogP contribution in [0.2, 0.25) is 5.02 Å². The molecule has 2 aromatic heterocycles. The van der Waals surface area contributed by atoms with Crippen LogP contribution in [-0.4, -0.2) is 9.97 Å². The molecule has 4 heteroatoms. The van der Waals surface area contributed by atoms with Crippen molar-refractivity contribution in [1.29, 1.82) is 0 Å². The predicted octanol–water partition coefficient (Wildman–Crippen LogP) is 3.69. The van der Waals surface area contributed by atoms with E-state index in [4.69, 9.17) is 11.6 Å². The maximum absolute atomic E-state index is 6.09. The number of pyridine rings is 2. The summed E-state index contributed by atoms with van der Waals surface area (Å²) in [5.41, 5.74) is 3.01. The number of aromatic nitrogens is 2. The Balaban J connectivity index is 2.52. The Labute approximate surface area is 101 Å². The highest BCUT2D eigenvalue weighted by atomic mass is 79.9. The number of rotatable bonds is 2. The van der Waals surface area contributed by atoms with Gasteiger partial charge in [0.15, 0.2) is 0 Å². The van der Waals surface area contributed by atoms with E-state index < -0.39 is 0 Å². The zero-order valence-corrected chi connectivity index (χ0v) is 10.2. The molecule has 0 amide bonds. The molecule has 0 saturated carbocycles. The largest absolute Gasteiger partial charge is 0.265 e. The maximum atomic E-state index is 6.09. The molecular formula is C11H8BrClN2. The van der Waals surface area contributed by atoms with Gasteiger partial charge in [-0.15, -0.1) is 0 Å². The minimum absolute atomic E-state index is 0.658. The lowest BCUT2D eigenvalue weighted by Crippen LogP contribution is -1.88. The van der Waals surface area contributed by atoms with Crippen LogP contribution in [0.4, 0.5) is 0 Å². The summed E-state index contributed by atoms with van der Waals surface area (Å²) in [5.74, 6) is 0. The van der Waals surface area contributed by atoms with Crippen molar-refractivity contribution >= 4 is 27.5 Å². The van der Waals surface area contributed by atoms with Gasteiger partial charge in [0.2, 0.25) is 0 Å². The molecule has 0 aliphatic carbocycles. The van der Waals surface area contributed by atoms with Gasteiger partial charge in [0.25, 0.3) is 0 Å². The first-order valence-corrected chi connectivity index (χ1v) is 5.92. The van der Waals surface area contributed by atoms with Crippen molar-refractivity contribution in [2.45, 2.75) is 5.33 Å². The number of hydrogen-bond acceptors (Lipinski definition) is 2. The molecule has 0 fully saturated rings. The second-order valence-corrected chi connectivity index (χ2v) is 3.99. The topological polar surface area (TPSA) is 25.8 Å². The average molecular weight is 284 g/mol. The van der Waals surface area contributed by atoms with Gasteiger partial charge in [-0.05, 0) is 23.8 Å². The lowest BCUT2D eigenvalue weighted by molar-refractivity contribution is 1.19. The fraction of sp³-hybridized carbons (Fsp3) is 0.0909. The van der Waals surface area contributed by atoms with Gasteiger partial charge in [-0.1, -0.05) is 27.5 Å². The molecule has 0 aromatic carbocycles. The summed E-state index contributed by atoms with van der Waals surface area (Å²) in [5, 5.41) is 1.38. The maximum Gasteiger partial charge on any atom is 0.0667 e. The molecule has 2 nitrogen and oxygen atoms in total. The highest BCUT2D eigenvalue weighted by Gasteiger charge is 2.04. The zero-order valence-electron chi connectivity index (χ0n) is 7.82. The van der Waals surface area contributed by atoms with E-state index in [9.17, 15) is 0 Å². The summed E-state index contributed by atoms with van der Waals surface area (Å²) in [6, 6.07) is 5.84. The van der Waals surface area contributed by atoms with Crippen LogP contribution in [0.25, 0.3) is 11.1 Å². The van der Waals surface area contributed by atoms with Crippen LogP contribution in [-0.2, 0) is 5.33 Å². The van der Waals surface area contributed by atoms with Gasteiger partial charge >= 0.3 is 0 Å². The molecule has 0 atom stereocenters. The minimum Gasteiger partial charge on any atom is -0.265 e. The van der Waals surface area contributed by atoms with Gasteiger partial charge in [0.05, 0.1) is 10.7 Å². The highest BCUT2D eigenvalue weighted by Crippen LogP contribution is 2.27. The number of halogens is 2. The molecule has 2 aromatic rings. The molecule has 0 saturated heterocycles. The average Bonchev–Trinajstić information content (AvgIpc) is 2.31. The van der Waals surface area contributed by atoms with Crippen LogP contribution in [0.15, 0.2) is 36.8 Å². The molecule has 0 aliphatic heterocycles. The summed E-state index contributed by atoms with van der Waals surface area (Å²) in [6.45, 7) is 0. The van der Waals surface area contributed by atoms with Crippen LogP contribution in [0.3, 0.4) is 0 Å². The summed E-state index contributed by atoms with van der Waals surface area (Å²) in [4.78, 5) is 8.16. The summed E-state index contributed by atoms with van der Waals surface area (Å²) >= 11 is 9.46. The molecule has 2 rings (SSSR count). The minimum atomic E-state index is 0.658. The van der Waals surface area contributed by atoms with E-state index in [0.717, 1.165) is 22.2 Å². The highest BCUT2D eigenvalue weighted by molar-refractivity contribution is 9.08. The third-order valence-corrected chi connectivity index (χ3v) is 2.92. The summed E-state index contributed by atoms with van der Waals surface area (Å²) in [6.07, 6.45) is 5.17. The van der Waals surface area contributed by atoms with E-state index in [1.807, 2.05) is 18.2 Å². The molecule has 0 aliphatic rings. The van der Waals surface area contributed by atoms with E-state index >= 15 is 0 Å². The van der Waals surface area contributed by atoms with Gasteiger partial charge in [0, 0.05) is 29.5 Å². The number of hydrogen-bond donors (Lipinski definition) is 0. The fourth-order valence-corrected chi connectivity index (χ4v) is 1.83. The third-order valence-electron chi connectivity index (χ3n) is 2.04. The van der Waals surface area contributed by atoms with Gasteiger partial charge in [-0.25, -0.2) is 0 Å². The first kappa shape index (κ1) is 10.6. The Bertz CT molecular complexity index is 459. The van der Waals surface area contributed by atoms with Crippen molar-refractivity contribution in [3.63, 3.8) is 0 Å². The number of alkyl halides is 1. The van der Waals surface area contributed by atoms with E-state index in [0.29, 0.717) is 5.02 Å². The van der Waals surface area contributed by atoms with E-state index in [1.54, 1.807) is 18.6 Å². The standard InChI is InChI=1S/C11H8BrClN2/c12-6-9-5-10(11(13)7-15-9)8-1-3-14-4-2-8/h1-5,7H,6H2. The third kappa shape index (κ3) is 2.36. The molecule has 15 heavy (non-hydrogen) atoms. The van der Waals surface area contributed by atoms with Crippen LogP contribution in [0.1, 0.15) is 5.69 Å². The van der Waals surface area contributed by atoms with Crippen molar-refractivity contribution < 1.29 is 0 Å². The zero-order chi connectivity index (χ0) is 10.7. The van der Waals surface area contributed by atoms with Crippen LogP contribution >= 0.6 is 27.5 Å². The van der Waals surface area contributed by atoms with Crippen LogP contribution in [0, 0.1) is 0 Å². The molecule has 0 spiro atoms. The molecule has 0 radical (unpaired) electrons. The molecule has 2 heterocycles. The molecule has 0 unspecified atom stereocenters. The Kier molecular flexibility index (Phi) is 3.34. The SMILES string of the molecule is Clc1cnc(CBr)cc1-c1ccncc1. The number of nitrogens with zero attached hydrogens (tertiary/aromatic N) is 2. The van der Waals surface area contributed by atoms with Crippen molar-refractivity contribution in [2.24, 2.45) is 0 Å². The molecule has 0 N–H and O–H groups in total. The van der Waals surface area contributed by atoms with Gasteiger partial charge in [-0.3, -0.25) is 9.97 Å². The van der Waals surface area contributed by atoms with Crippen molar-refractivity contribution in [2.75, 3.05) is 0 Å². The Morgan fingerprint density at radius 3 is 2.67 bits per heavy atom. The smallest absolute Gasteiger partial charge is 0.0667 e. The van der Waals surface area contributed by atoms with Crippen LogP contribution < -0.4 is 0 Å². The van der Waals surface area contributed by atoms with Gasteiger partial charge < -0.3 is 0 Å². The van der Waals surface area contributed by atoms with Crippen molar-refractivity contribution in [1.82, 2.24) is 9.97 Å². The molecule has 76 valence electrons. The lowest BCUT2D eigenvalue weighted by Gasteiger charge is -2.05. The second kappa shape index (κ2) is 4.73. The fourth-order valence-electron chi connectivity index (χ4n) is 1.31. The Morgan fingerprint density at radius 1 is 1.27 bits per heavy atom. The van der Waals surface area contributed by atoms with E-state index in [2.05, 4.69) is 25.9 Å². The normalized spacial score (nSPS) is 10.3. The van der Waals surface area contributed by atoms with E-state index in [1.165, 1.54) is 0 Å². The Hall–Kier alpha value is -0.930. The van der Waals surface area contributed by atoms with Crippen molar-refractivity contribution in [3.05, 3.63) is 47.5 Å². The monoisotopic (exact) mass is 282 g/mol. The van der Waals surface area contributed by atoms with Gasteiger partial charge in [-0.2, -0.15) is 0 Å². The lowest BCUT2D eigenvalue weighted by atomic mass is 10.1. The first-order valence-electron chi connectivity index (χ1n) is 4.42. The summed E-state index contributed by atoms with van der Waals surface area (Å²) < 4.78 is 0. The van der Waals surface area contributed by atoms with Crippen LogP contribution in [0.5, 0.6) is 0 Å². The molecular weight excluding hydrogens is 275 g/mol. The first-order chi connectivity index (χ1) is 7.31. The van der Waals surface area contributed by atoms with Crippen molar-refractivity contribution in [3.8, 4) is 11.1 Å². The quantitative estimate of drug-likeness (QED) is 0.786.